The van der Waals surface area contributed by atoms with Crippen LogP contribution < -0.4 is 19.8 Å². The first kappa shape index (κ1) is 20.3. The maximum absolute atomic E-state index is 12.8. The first-order chi connectivity index (χ1) is 15.7. The smallest absolute Gasteiger partial charge is 0.255 e. The lowest BCUT2D eigenvalue weighted by Gasteiger charge is -2.27. The number of benzene rings is 2. The van der Waals surface area contributed by atoms with Crippen LogP contribution in [0.15, 0.2) is 47.3 Å². The molecule has 0 radical (unpaired) electrons. The average Bonchev–Trinajstić information content (AvgIpc) is 2.83. The van der Waals surface area contributed by atoms with Crippen molar-refractivity contribution in [1.82, 2.24) is 14.9 Å². The van der Waals surface area contributed by atoms with Crippen LogP contribution in [0.2, 0.25) is 0 Å². The zero-order valence-electron chi connectivity index (χ0n) is 18.0. The van der Waals surface area contributed by atoms with Crippen molar-refractivity contribution in [3.05, 3.63) is 81.0 Å². The molecule has 7 nitrogen and oxygen atoms in total. The molecule has 0 spiro atoms. The minimum atomic E-state index is -0.0767. The molecule has 5 rings (SSSR count). The van der Waals surface area contributed by atoms with Crippen molar-refractivity contribution in [3.63, 3.8) is 0 Å². The van der Waals surface area contributed by atoms with Gasteiger partial charge in [0.2, 0.25) is 5.75 Å². The predicted octanol–water partition coefficient (Wildman–Crippen LogP) is 3.28. The molecular formula is C25H25N3O4. The molecule has 2 aliphatic heterocycles. The fourth-order valence-electron chi connectivity index (χ4n) is 4.12. The molecule has 0 saturated heterocycles. The fraction of sp³-hybridized carbons (Fsp3) is 0.280. The highest BCUT2D eigenvalue weighted by Crippen LogP contribution is 2.40. The molecule has 0 amide bonds. The van der Waals surface area contributed by atoms with Gasteiger partial charge >= 0.3 is 0 Å². The van der Waals surface area contributed by atoms with Crippen molar-refractivity contribution in [1.29, 1.82) is 0 Å². The van der Waals surface area contributed by atoms with Gasteiger partial charge < -0.3 is 19.2 Å². The van der Waals surface area contributed by atoms with Gasteiger partial charge in [0.1, 0.15) is 19.0 Å². The van der Waals surface area contributed by atoms with E-state index in [0.717, 1.165) is 36.3 Å². The van der Waals surface area contributed by atoms with Crippen LogP contribution >= 0.6 is 0 Å². The van der Waals surface area contributed by atoms with Gasteiger partial charge in [-0.05, 0) is 29.3 Å². The maximum Gasteiger partial charge on any atom is 0.255 e. The Hall–Kier alpha value is -3.58. The van der Waals surface area contributed by atoms with Crippen LogP contribution in [-0.4, -0.2) is 41.7 Å². The number of rotatable bonds is 5. The van der Waals surface area contributed by atoms with Crippen LogP contribution in [-0.2, 0) is 19.5 Å². The van der Waals surface area contributed by atoms with Crippen LogP contribution in [0.4, 0.5) is 0 Å². The highest BCUT2D eigenvalue weighted by molar-refractivity contribution is 5.71. The molecule has 0 saturated carbocycles. The minimum Gasteiger partial charge on any atom is -0.493 e. The number of aromatic nitrogens is 2. The highest BCUT2D eigenvalue weighted by atomic mass is 16.6. The Morgan fingerprint density at radius 1 is 1.16 bits per heavy atom. The molecule has 1 aromatic heterocycles. The molecule has 1 N–H and O–H groups in total. The van der Waals surface area contributed by atoms with E-state index in [-0.39, 0.29) is 5.56 Å². The fourth-order valence-corrected chi connectivity index (χ4v) is 4.12. The third-order valence-corrected chi connectivity index (χ3v) is 5.70. The Morgan fingerprint density at radius 3 is 2.84 bits per heavy atom. The maximum atomic E-state index is 12.8. The summed E-state index contributed by atoms with van der Waals surface area (Å²) in [4.78, 5) is 22.7. The lowest BCUT2D eigenvalue weighted by molar-refractivity contribution is 0.165. The molecular weight excluding hydrogens is 406 g/mol. The van der Waals surface area contributed by atoms with Crippen LogP contribution in [0.3, 0.4) is 0 Å². The number of hydrogen-bond donors (Lipinski definition) is 1. The van der Waals surface area contributed by atoms with Crippen LogP contribution in [0, 0.1) is 0 Å². The van der Waals surface area contributed by atoms with E-state index >= 15 is 0 Å². The zero-order chi connectivity index (χ0) is 21.9. The van der Waals surface area contributed by atoms with E-state index in [4.69, 9.17) is 19.2 Å². The summed E-state index contributed by atoms with van der Waals surface area (Å²) in [6.45, 7) is 3.32. The summed E-state index contributed by atoms with van der Waals surface area (Å²) in [5.41, 5.74) is 3.67. The Kier molecular flexibility index (Phi) is 5.64. The number of nitrogens with zero attached hydrogens (tertiary/aromatic N) is 2. The standard InChI is InChI=1S/C25H25N3O4/c1-30-21-13-18(14-22-24(21)32-12-11-31-22)7-8-23-26-20-9-10-28(16-19(20)25(29)27-23)15-17-5-3-2-4-6-17/h2-8,13-14H,9-12,15-16H2,1H3,(H,26,27,29). The SMILES string of the molecule is COc1cc(C=Cc2nc3c(c(=O)[nH]2)CN(Cc2ccccc2)CC3)cc2c1OCCO2. The van der Waals surface area contributed by atoms with Crippen LogP contribution in [0.25, 0.3) is 12.2 Å². The molecule has 0 atom stereocenters. The van der Waals surface area contributed by atoms with Crippen molar-refractivity contribution in [2.75, 3.05) is 26.9 Å². The zero-order valence-corrected chi connectivity index (χ0v) is 18.0. The van der Waals surface area contributed by atoms with Gasteiger partial charge in [-0.25, -0.2) is 4.98 Å². The number of methoxy groups -OCH3 is 1. The molecule has 2 aliphatic rings. The van der Waals surface area contributed by atoms with Gasteiger partial charge in [-0.15, -0.1) is 0 Å². The number of nitrogens with one attached hydrogen (secondary N) is 1. The molecule has 7 heteroatoms. The first-order valence-electron chi connectivity index (χ1n) is 10.7. The number of H-pyrrole nitrogens is 1. The van der Waals surface area contributed by atoms with E-state index in [1.165, 1.54) is 5.56 Å². The number of ether oxygens (including phenoxy) is 3. The van der Waals surface area contributed by atoms with Gasteiger partial charge in [0, 0.05) is 26.1 Å². The van der Waals surface area contributed by atoms with Crippen molar-refractivity contribution in [2.45, 2.75) is 19.5 Å². The normalized spacial score (nSPS) is 15.5. The second kappa shape index (κ2) is 8.88. The van der Waals surface area contributed by atoms with Crippen molar-refractivity contribution >= 4 is 12.2 Å². The third kappa shape index (κ3) is 4.24. The van der Waals surface area contributed by atoms with Crippen molar-refractivity contribution in [3.8, 4) is 17.2 Å². The van der Waals surface area contributed by atoms with Crippen LogP contribution in [0.5, 0.6) is 17.2 Å². The minimum absolute atomic E-state index is 0.0767. The molecule has 3 aromatic rings. The highest BCUT2D eigenvalue weighted by Gasteiger charge is 2.21. The Balaban J connectivity index is 1.35. The van der Waals surface area contributed by atoms with E-state index < -0.39 is 0 Å². The summed E-state index contributed by atoms with van der Waals surface area (Å²) in [5, 5.41) is 0. The van der Waals surface area contributed by atoms with E-state index in [1.807, 2.05) is 42.5 Å². The van der Waals surface area contributed by atoms with Gasteiger partial charge in [-0.1, -0.05) is 36.4 Å². The van der Waals surface area contributed by atoms with Crippen molar-refractivity contribution in [2.24, 2.45) is 0 Å². The van der Waals surface area contributed by atoms with Crippen LogP contribution in [0.1, 0.15) is 28.2 Å². The second-order valence-corrected chi connectivity index (χ2v) is 7.90. The van der Waals surface area contributed by atoms with Gasteiger partial charge in [-0.2, -0.15) is 0 Å². The van der Waals surface area contributed by atoms with E-state index in [0.29, 0.717) is 42.8 Å². The number of fused-ring (bicyclic) bond motifs is 2. The molecule has 0 bridgehead atoms. The van der Waals surface area contributed by atoms with Gasteiger partial charge in [-0.3, -0.25) is 9.69 Å². The molecule has 0 unspecified atom stereocenters. The number of aromatic amines is 1. The second-order valence-electron chi connectivity index (χ2n) is 7.90. The summed E-state index contributed by atoms with van der Waals surface area (Å²) >= 11 is 0. The topological polar surface area (TPSA) is 76.7 Å². The Bertz CT molecular complexity index is 1190. The summed E-state index contributed by atoms with van der Waals surface area (Å²) < 4.78 is 16.8. The molecule has 32 heavy (non-hydrogen) atoms. The quantitative estimate of drug-likeness (QED) is 0.668. The lowest BCUT2D eigenvalue weighted by atomic mass is 10.1. The summed E-state index contributed by atoms with van der Waals surface area (Å²) in [6.07, 6.45) is 4.45. The summed E-state index contributed by atoms with van der Waals surface area (Å²) in [6, 6.07) is 14.1. The molecule has 3 heterocycles. The predicted molar refractivity (Wildman–Crippen MR) is 122 cm³/mol. The Labute approximate surface area is 186 Å². The van der Waals surface area contributed by atoms with Crippen molar-refractivity contribution < 1.29 is 14.2 Å². The molecule has 0 fully saturated rings. The monoisotopic (exact) mass is 431 g/mol. The van der Waals surface area contributed by atoms with E-state index in [9.17, 15) is 4.79 Å². The van der Waals surface area contributed by atoms with E-state index in [1.54, 1.807) is 7.11 Å². The van der Waals surface area contributed by atoms with E-state index in [2.05, 4.69) is 22.0 Å². The summed E-state index contributed by atoms with van der Waals surface area (Å²) in [7, 11) is 1.60. The summed E-state index contributed by atoms with van der Waals surface area (Å²) in [5.74, 6) is 2.43. The molecule has 0 aliphatic carbocycles. The molecule has 2 aromatic carbocycles. The largest absolute Gasteiger partial charge is 0.493 e. The van der Waals surface area contributed by atoms with Gasteiger partial charge in [0.05, 0.1) is 18.4 Å². The Morgan fingerprint density at radius 2 is 2.00 bits per heavy atom. The average molecular weight is 431 g/mol. The third-order valence-electron chi connectivity index (χ3n) is 5.70. The van der Waals surface area contributed by atoms with Gasteiger partial charge in [0.15, 0.2) is 11.5 Å². The lowest BCUT2D eigenvalue weighted by Crippen LogP contribution is -2.35. The van der Waals surface area contributed by atoms with Gasteiger partial charge in [0.25, 0.3) is 5.56 Å². The number of hydrogen-bond acceptors (Lipinski definition) is 6. The molecule has 164 valence electrons. The first-order valence-corrected chi connectivity index (χ1v) is 10.7.